The van der Waals surface area contributed by atoms with Gasteiger partial charge >= 0.3 is 6.03 Å². The summed E-state index contributed by atoms with van der Waals surface area (Å²) in [5.41, 5.74) is 1.17. The van der Waals surface area contributed by atoms with E-state index in [0.29, 0.717) is 27.9 Å². The molecule has 7 heteroatoms. The molecule has 0 spiro atoms. The molecule has 5 nitrogen and oxygen atoms in total. The summed E-state index contributed by atoms with van der Waals surface area (Å²) in [6.07, 6.45) is 1.98. The van der Waals surface area contributed by atoms with Crippen LogP contribution in [0.4, 0.5) is 16.2 Å². The molecule has 0 saturated heterocycles. The maximum atomic E-state index is 12.2. The van der Waals surface area contributed by atoms with Crippen molar-refractivity contribution in [2.24, 2.45) is 0 Å². The number of anilines is 2. The number of nitrogens with one attached hydrogen (secondary N) is 2. The highest BCUT2D eigenvalue weighted by Gasteiger charge is 2.12. The van der Waals surface area contributed by atoms with E-state index in [1.165, 1.54) is 14.2 Å². The zero-order chi connectivity index (χ0) is 16.8. The summed E-state index contributed by atoms with van der Waals surface area (Å²) in [7, 11) is 3.01. The van der Waals surface area contributed by atoms with Gasteiger partial charge in [-0.3, -0.25) is 0 Å². The van der Waals surface area contributed by atoms with Gasteiger partial charge in [-0.05, 0) is 24.5 Å². The van der Waals surface area contributed by atoms with Crippen molar-refractivity contribution in [2.45, 2.75) is 4.90 Å². The number of carbonyl (C=O) groups is 1. The summed E-state index contributed by atoms with van der Waals surface area (Å²) in [4.78, 5) is 13.2. The number of halogens is 1. The molecule has 0 bridgehead atoms. The van der Waals surface area contributed by atoms with Crippen molar-refractivity contribution >= 4 is 40.8 Å². The Bertz CT molecular complexity index is 710. The van der Waals surface area contributed by atoms with Crippen molar-refractivity contribution in [3.05, 3.63) is 41.4 Å². The number of amides is 2. The third-order valence-electron chi connectivity index (χ3n) is 3.05. The van der Waals surface area contributed by atoms with Crippen LogP contribution in [-0.4, -0.2) is 26.5 Å². The molecule has 0 aliphatic rings. The van der Waals surface area contributed by atoms with Crippen molar-refractivity contribution in [1.29, 1.82) is 0 Å². The molecular weight excluding hydrogens is 336 g/mol. The van der Waals surface area contributed by atoms with Crippen molar-refractivity contribution < 1.29 is 14.3 Å². The highest BCUT2D eigenvalue weighted by atomic mass is 35.5. The van der Waals surface area contributed by atoms with E-state index in [4.69, 9.17) is 21.1 Å². The molecule has 0 radical (unpaired) electrons. The van der Waals surface area contributed by atoms with Crippen LogP contribution in [0.25, 0.3) is 0 Å². The lowest BCUT2D eigenvalue weighted by atomic mass is 10.2. The first-order valence-electron chi connectivity index (χ1n) is 6.71. The van der Waals surface area contributed by atoms with Crippen LogP contribution in [0.2, 0.25) is 5.02 Å². The molecular formula is C16H17ClN2O3S. The van der Waals surface area contributed by atoms with Crippen LogP contribution in [0.15, 0.2) is 41.3 Å². The van der Waals surface area contributed by atoms with Gasteiger partial charge in [0.25, 0.3) is 0 Å². The molecule has 0 aliphatic carbocycles. The number of methoxy groups -OCH3 is 2. The topological polar surface area (TPSA) is 59.6 Å². The Hall–Kier alpha value is -2.05. The van der Waals surface area contributed by atoms with E-state index in [2.05, 4.69) is 10.6 Å². The third kappa shape index (κ3) is 4.46. The Morgan fingerprint density at radius 3 is 2.48 bits per heavy atom. The predicted molar refractivity (Wildman–Crippen MR) is 95.4 cm³/mol. The first-order chi connectivity index (χ1) is 11.1. The second-order valence-electron chi connectivity index (χ2n) is 4.50. The molecule has 0 atom stereocenters. The molecule has 23 heavy (non-hydrogen) atoms. The molecule has 0 heterocycles. The van der Waals surface area contributed by atoms with Gasteiger partial charge < -0.3 is 20.1 Å². The van der Waals surface area contributed by atoms with Gasteiger partial charge in [0.05, 0.1) is 24.9 Å². The van der Waals surface area contributed by atoms with Crippen LogP contribution < -0.4 is 20.1 Å². The summed E-state index contributed by atoms with van der Waals surface area (Å²) < 4.78 is 10.4. The minimum absolute atomic E-state index is 0.383. The number of urea groups is 1. The van der Waals surface area contributed by atoms with Gasteiger partial charge in [0, 0.05) is 22.7 Å². The Balaban J connectivity index is 2.16. The number of ether oxygens (including phenoxy) is 2. The summed E-state index contributed by atoms with van der Waals surface area (Å²) in [5.74, 6) is 0.899. The van der Waals surface area contributed by atoms with E-state index in [1.807, 2.05) is 30.5 Å². The average molecular weight is 353 g/mol. The number of rotatable bonds is 5. The minimum atomic E-state index is -0.383. The fourth-order valence-corrected chi connectivity index (χ4v) is 2.63. The maximum Gasteiger partial charge on any atom is 0.323 e. The van der Waals surface area contributed by atoms with E-state index in [0.717, 1.165) is 4.90 Å². The number of benzene rings is 2. The quantitative estimate of drug-likeness (QED) is 0.764. The Labute approximate surface area is 144 Å². The van der Waals surface area contributed by atoms with Gasteiger partial charge in [0.15, 0.2) is 0 Å². The second kappa shape index (κ2) is 7.99. The molecule has 122 valence electrons. The zero-order valence-electron chi connectivity index (χ0n) is 13.0. The van der Waals surface area contributed by atoms with Gasteiger partial charge in [0.1, 0.15) is 11.5 Å². The summed E-state index contributed by atoms with van der Waals surface area (Å²) in [6.45, 7) is 0. The maximum absolute atomic E-state index is 12.2. The number of hydrogen-bond acceptors (Lipinski definition) is 4. The van der Waals surface area contributed by atoms with E-state index < -0.39 is 0 Å². The van der Waals surface area contributed by atoms with Crippen LogP contribution >= 0.6 is 23.4 Å². The fraction of sp³-hybridized carbons (Fsp3) is 0.188. The van der Waals surface area contributed by atoms with E-state index in [9.17, 15) is 4.79 Å². The number of thioether (sulfide) groups is 1. The lowest BCUT2D eigenvalue weighted by Crippen LogP contribution is -2.19. The van der Waals surface area contributed by atoms with Gasteiger partial charge in [-0.2, -0.15) is 0 Å². The van der Waals surface area contributed by atoms with Gasteiger partial charge in [-0.1, -0.05) is 17.7 Å². The van der Waals surface area contributed by atoms with E-state index in [1.54, 1.807) is 23.9 Å². The van der Waals surface area contributed by atoms with Crippen molar-refractivity contribution in [3.63, 3.8) is 0 Å². The standard InChI is InChI=1S/C16H17ClN2O3S/c1-21-14-9-13(15(22-2)8-12(14)17)19-16(20)18-10-5-4-6-11(7-10)23-3/h4-9H,1-3H3,(H2,18,19,20). The molecule has 2 rings (SSSR count). The molecule has 2 aromatic carbocycles. The smallest absolute Gasteiger partial charge is 0.323 e. The van der Waals surface area contributed by atoms with Crippen molar-refractivity contribution in [3.8, 4) is 11.5 Å². The van der Waals surface area contributed by atoms with Crippen LogP contribution in [0.5, 0.6) is 11.5 Å². The largest absolute Gasteiger partial charge is 0.495 e. The zero-order valence-corrected chi connectivity index (χ0v) is 14.5. The molecule has 2 N–H and O–H groups in total. The molecule has 0 unspecified atom stereocenters. The first-order valence-corrected chi connectivity index (χ1v) is 8.31. The Morgan fingerprint density at radius 1 is 1.09 bits per heavy atom. The molecule has 2 amide bonds. The first kappa shape index (κ1) is 17.3. The SMILES string of the molecule is COc1cc(NC(=O)Nc2cccc(SC)c2)c(OC)cc1Cl. The Kier molecular flexibility index (Phi) is 6.01. The molecule has 0 fully saturated rings. The third-order valence-corrected chi connectivity index (χ3v) is 4.07. The molecule has 0 aromatic heterocycles. The summed E-state index contributed by atoms with van der Waals surface area (Å²) in [6, 6.07) is 10.4. The van der Waals surface area contributed by atoms with Gasteiger partial charge in [-0.25, -0.2) is 4.79 Å². The molecule has 0 saturated carbocycles. The van der Waals surface area contributed by atoms with Crippen LogP contribution in [0.1, 0.15) is 0 Å². The highest BCUT2D eigenvalue weighted by Crippen LogP contribution is 2.35. The molecule has 0 aliphatic heterocycles. The van der Waals surface area contributed by atoms with E-state index >= 15 is 0 Å². The van der Waals surface area contributed by atoms with E-state index in [-0.39, 0.29) is 6.03 Å². The number of carbonyl (C=O) groups excluding carboxylic acids is 1. The normalized spacial score (nSPS) is 10.1. The van der Waals surface area contributed by atoms with Gasteiger partial charge in [-0.15, -0.1) is 11.8 Å². The predicted octanol–water partition coefficient (Wildman–Crippen LogP) is 4.72. The van der Waals surface area contributed by atoms with Crippen LogP contribution in [0.3, 0.4) is 0 Å². The number of hydrogen-bond donors (Lipinski definition) is 2. The lowest BCUT2D eigenvalue weighted by molar-refractivity contribution is 0.262. The second-order valence-corrected chi connectivity index (χ2v) is 5.78. The van der Waals surface area contributed by atoms with Gasteiger partial charge in [0.2, 0.25) is 0 Å². The van der Waals surface area contributed by atoms with Crippen LogP contribution in [-0.2, 0) is 0 Å². The van der Waals surface area contributed by atoms with Crippen molar-refractivity contribution in [2.75, 3.05) is 31.1 Å². The average Bonchev–Trinajstić information content (AvgIpc) is 2.56. The highest BCUT2D eigenvalue weighted by molar-refractivity contribution is 7.98. The minimum Gasteiger partial charge on any atom is -0.495 e. The fourth-order valence-electron chi connectivity index (χ4n) is 1.94. The molecule has 2 aromatic rings. The lowest BCUT2D eigenvalue weighted by Gasteiger charge is -2.14. The van der Waals surface area contributed by atoms with Crippen LogP contribution in [0, 0.1) is 0 Å². The summed E-state index contributed by atoms with van der Waals surface area (Å²) >= 11 is 7.65. The van der Waals surface area contributed by atoms with Crippen molar-refractivity contribution in [1.82, 2.24) is 0 Å². The Morgan fingerprint density at radius 2 is 1.83 bits per heavy atom. The monoisotopic (exact) mass is 352 g/mol. The summed E-state index contributed by atoms with van der Waals surface area (Å²) in [5, 5.41) is 5.91.